The predicted octanol–water partition coefficient (Wildman–Crippen LogP) is 3.70. The molecule has 7 heteroatoms. The van der Waals surface area contributed by atoms with Gasteiger partial charge in [-0.1, -0.05) is 0 Å². The average Bonchev–Trinajstić information content (AvgIpc) is 3.14. The minimum absolute atomic E-state index is 0.00318. The number of carbonyl (C=O) groups excluding carboxylic acids is 2. The number of amides is 2. The number of rotatable bonds is 10. The maximum Gasteiger partial charge on any atom is 0.252 e. The van der Waals surface area contributed by atoms with E-state index in [1.165, 1.54) is 23.5 Å². The summed E-state index contributed by atoms with van der Waals surface area (Å²) in [6.07, 6.45) is 1.86. The van der Waals surface area contributed by atoms with Crippen LogP contribution in [0.3, 0.4) is 0 Å². The lowest BCUT2D eigenvalue weighted by Crippen LogP contribution is -2.28. The Bertz CT molecular complexity index is 660. The molecular formula is C18H21FN2O2S2. The van der Waals surface area contributed by atoms with Gasteiger partial charge in [0.2, 0.25) is 5.91 Å². The summed E-state index contributed by atoms with van der Waals surface area (Å²) in [6, 6.07) is 8.17. The van der Waals surface area contributed by atoms with Crippen LogP contribution in [0.25, 0.3) is 0 Å². The first-order valence-electron chi connectivity index (χ1n) is 8.10. The molecular weight excluding hydrogens is 359 g/mol. The number of thioether (sulfide) groups is 1. The number of benzene rings is 1. The van der Waals surface area contributed by atoms with Crippen LogP contribution in [-0.4, -0.2) is 30.7 Å². The van der Waals surface area contributed by atoms with Gasteiger partial charge >= 0.3 is 0 Å². The molecule has 25 heavy (non-hydrogen) atoms. The highest BCUT2D eigenvalue weighted by Crippen LogP contribution is 2.18. The van der Waals surface area contributed by atoms with E-state index in [4.69, 9.17) is 0 Å². The van der Waals surface area contributed by atoms with E-state index in [0.29, 0.717) is 31.5 Å². The first kappa shape index (κ1) is 19.5. The smallest absolute Gasteiger partial charge is 0.252 e. The molecule has 4 nitrogen and oxygen atoms in total. The van der Waals surface area contributed by atoms with Gasteiger partial charge in [0.05, 0.1) is 0 Å². The first-order valence-corrected chi connectivity index (χ1v) is 10.0. The van der Waals surface area contributed by atoms with Crippen molar-refractivity contribution in [2.75, 3.05) is 18.8 Å². The van der Waals surface area contributed by atoms with Crippen molar-refractivity contribution in [1.29, 1.82) is 0 Å². The lowest BCUT2D eigenvalue weighted by molar-refractivity contribution is -0.121. The Kier molecular flexibility index (Phi) is 8.48. The van der Waals surface area contributed by atoms with Crippen LogP contribution in [0.15, 0.2) is 46.0 Å². The normalized spacial score (nSPS) is 10.4. The van der Waals surface area contributed by atoms with Crippen molar-refractivity contribution in [2.45, 2.75) is 24.2 Å². The van der Waals surface area contributed by atoms with Gasteiger partial charge in [-0.2, -0.15) is 11.3 Å². The highest BCUT2D eigenvalue weighted by molar-refractivity contribution is 7.99. The van der Waals surface area contributed by atoms with Crippen LogP contribution in [-0.2, 0) is 4.79 Å². The van der Waals surface area contributed by atoms with Crippen molar-refractivity contribution in [1.82, 2.24) is 10.6 Å². The second-order valence-corrected chi connectivity index (χ2v) is 7.33. The van der Waals surface area contributed by atoms with Gasteiger partial charge in [0.1, 0.15) is 5.82 Å². The molecule has 0 bridgehead atoms. The number of carbonyl (C=O) groups is 2. The fourth-order valence-corrected chi connectivity index (χ4v) is 3.54. The monoisotopic (exact) mass is 380 g/mol. The van der Waals surface area contributed by atoms with Gasteiger partial charge < -0.3 is 10.6 Å². The maximum absolute atomic E-state index is 12.8. The number of nitrogens with one attached hydrogen (secondary N) is 2. The quantitative estimate of drug-likeness (QED) is 0.488. The molecule has 2 N–H and O–H groups in total. The Hall–Kier alpha value is -1.86. The zero-order valence-electron chi connectivity index (χ0n) is 13.8. The molecule has 2 aromatic rings. The predicted molar refractivity (Wildman–Crippen MR) is 101 cm³/mol. The molecule has 0 fully saturated rings. The summed E-state index contributed by atoms with van der Waals surface area (Å²) in [6.45, 7) is 1.11. The molecule has 0 saturated carbocycles. The molecule has 0 spiro atoms. The topological polar surface area (TPSA) is 58.2 Å². The number of thiophene rings is 1. The molecule has 0 saturated heterocycles. The summed E-state index contributed by atoms with van der Waals surface area (Å²) >= 11 is 3.12. The molecule has 0 aliphatic carbocycles. The van der Waals surface area contributed by atoms with Gasteiger partial charge in [0.15, 0.2) is 0 Å². The van der Waals surface area contributed by atoms with E-state index in [1.807, 2.05) is 5.38 Å². The van der Waals surface area contributed by atoms with Crippen LogP contribution in [0.4, 0.5) is 4.39 Å². The van der Waals surface area contributed by atoms with Crippen molar-refractivity contribution in [3.05, 3.63) is 52.5 Å². The highest BCUT2D eigenvalue weighted by atomic mass is 32.2. The zero-order chi connectivity index (χ0) is 17.9. The molecule has 134 valence electrons. The van der Waals surface area contributed by atoms with Crippen molar-refractivity contribution in [2.24, 2.45) is 0 Å². The molecule has 0 aliphatic heterocycles. The Balaban J connectivity index is 1.47. The first-order chi connectivity index (χ1) is 12.1. The van der Waals surface area contributed by atoms with E-state index in [2.05, 4.69) is 10.6 Å². The van der Waals surface area contributed by atoms with E-state index >= 15 is 0 Å². The summed E-state index contributed by atoms with van der Waals surface area (Å²) in [5.41, 5.74) is 0.660. The molecule has 2 rings (SSSR count). The third-order valence-electron chi connectivity index (χ3n) is 3.38. The van der Waals surface area contributed by atoms with Gasteiger partial charge in [-0.3, -0.25) is 9.59 Å². The molecule has 1 aromatic heterocycles. The van der Waals surface area contributed by atoms with Crippen LogP contribution >= 0.6 is 23.1 Å². The van der Waals surface area contributed by atoms with Gasteiger partial charge in [0, 0.05) is 35.3 Å². The van der Waals surface area contributed by atoms with Crippen molar-refractivity contribution >= 4 is 34.9 Å². The number of halogens is 1. The second kappa shape index (κ2) is 10.9. The second-order valence-electron chi connectivity index (χ2n) is 5.38. The van der Waals surface area contributed by atoms with Crippen LogP contribution < -0.4 is 10.6 Å². The molecule has 1 aromatic carbocycles. The summed E-state index contributed by atoms with van der Waals surface area (Å²) in [7, 11) is 0. The summed E-state index contributed by atoms with van der Waals surface area (Å²) in [4.78, 5) is 24.4. The van der Waals surface area contributed by atoms with Crippen molar-refractivity contribution in [3.8, 4) is 0 Å². The van der Waals surface area contributed by atoms with E-state index in [9.17, 15) is 14.0 Å². The number of hydrogen-bond donors (Lipinski definition) is 2. The third-order valence-corrected chi connectivity index (χ3v) is 5.16. The van der Waals surface area contributed by atoms with E-state index < -0.39 is 0 Å². The largest absolute Gasteiger partial charge is 0.356 e. The average molecular weight is 381 g/mol. The van der Waals surface area contributed by atoms with Crippen LogP contribution in [0.5, 0.6) is 0 Å². The molecule has 2 amide bonds. The van der Waals surface area contributed by atoms with Crippen LogP contribution in [0.2, 0.25) is 0 Å². The Morgan fingerprint density at radius 3 is 2.52 bits per heavy atom. The lowest BCUT2D eigenvalue weighted by atomic mass is 10.2. The van der Waals surface area contributed by atoms with Gasteiger partial charge in [-0.25, -0.2) is 4.39 Å². The SMILES string of the molecule is O=C(CCCNC(=O)c1ccsc1)NCCCSc1ccc(F)cc1. The minimum atomic E-state index is -0.233. The summed E-state index contributed by atoms with van der Waals surface area (Å²) in [5, 5.41) is 9.32. The summed E-state index contributed by atoms with van der Waals surface area (Å²) in [5.74, 6) is 0.530. The third kappa shape index (κ3) is 7.70. The minimum Gasteiger partial charge on any atom is -0.356 e. The zero-order valence-corrected chi connectivity index (χ0v) is 15.4. The fourth-order valence-electron chi connectivity index (χ4n) is 2.06. The van der Waals surface area contributed by atoms with E-state index in [0.717, 1.165) is 17.1 Å². The van der Waals surface area contributed by atoms with Gasteiger partial charge in [0.25, 0.3) is 5.91 Å². The van der Waals surface area contributed by atoms with E-state index in [1.54, 1.807) is 35.3 Å². The Morgan fingerprint density at radius 2 is 1.80 bits per heavy atom. The van der Waals surface area contributed by atoms with Gasteiger partial charge in [-0.15, -0.1) is 11.8 Å². The summed E-state index contributed by atoms with van der Waals surface area (Å²) < 4.78 is 12.8. The maximum atomic E-state index is 12.8. The Morgan fingerprint density at radius 1 is 1.04 bits per heavy atom. The molecule has 0 aliphatic rings. The molecule has 0 atom stereocenters. The fraction of sp³-hybridized carbons (Fsp3) is 0.333. The van der Waals surface area contributed by atoms with Gasteiger partial charge in [-0.05, 0) is 54.3 Å². The number of hydrogen-bond acceptors (Lipinski definition) is 4. The van der Waals surface area contributed by atoms with E-state index in [-0.39, 0.29) is 17.6 Å². The van der Waals surface area contributed by atoms with Crippen molar-refractivity contribution < 1.29 is 14.0 Å². The standard InChI is InChI=1S/C18H21FN2O2S2/c19-15-4-6-16(7-5-15)25-11-2-10-20-17(22)3-1-9-21-18(23)14-8-12-24-13-14/h4-8,12-13H,1-3,9-11H2,(H,20,22)(H,21,23). The molecule has 0 radical (unpaired) electrons. The van der Waals surface area contributed by atoms with Crippen LogP contribution in [0, 0.1) is 5.82 Å². The highest BCUT2D eigenvalue weighted by Gasteiger charge is 2.05. The lowest BCUT2D eigenvalue weighted by Gasteiger charge is -2.06. The molecule has 1 heterocycles. The van der Waals surface area contributed by atoms with Crippen LogP contribution in [0.1, 0.15) is 29.6 Å². The van der Waals surface area contributed by atoms with Crippen molar-refractivity contribution in [3.63, 3.8) is 0 Å². The molecule has 0 unspecified atom stereocenters. The Labute approximate surface area is 155 Å².